The van der Waals surface area contributed by atoms with Gasteiger partial charge >= 0.3 is 11.9 Å². The van der Waals surface area contributed by atoms with Crippen LogP contribution in [0.3, 0.4) is 0 Å². The summed E-state index contributed by atoms with van der Waals surface area (Å²) in [5, 5.41) is 11.7. The van der Waals surface area contributed by atoms with E-state index in [0.717, 1.165) is 21.1 Å². The number of aliphatic carboxylic acids is 1. The average molecular weight is 428 g/mol. The van der Waals surface area contributed by atoms with Crippen LogP contribution in [0.25, 0.3) is 10.6 Å². The van der Waals surface area contributed by atoms with Gasteiger partial charge < -0.3 is 24.6 Å². The van der Waals surface area contributed by atoms with Crippen LogP contribution in [0.4, 0.5) is 5.69 Å². The zero-order valence-electron chi connectivity index (χ0n) is 16.6. The minimum Gasteiger partial charge on any atom is -0.497 e. The molecule has 0 saturated carbocycles. The Labute approximate surface area is 177 Å². The second-order valence-corrected chi connectivity index (χ2v) is 7.28. The maximum Gasteiger partial charge on any atom is 0.394 e. The normalized spacial score (nSPS) is 10.4. The molecule has 1 heterocycles. The molecular weight excluding hydrogens is 408 g/mol. The molecule has 2 aromatic carbocycles. The highest BCUT2D eigenvalue weighted by Crippen LogP contribution is 2.34. The number of amides is 1. The highest BCUT2D eigenvalue weighted by Gasteiger charge is 2.13. The van der Waals surface area contributed by atoms with Crippen LogP contribution in [-0.2, 0) is 16.2 Å². The zero-order chi connectivity index (χ0) is 21.7. The van der Waals surface area contributed by atoms with Gasteiger partial charge in [0.2, 0.25) is 0 Å². The van der Waals surface area contributed by atoms with Crippen molar-refractivity contribution in [2.24, 2.45) is 0 Å². The number of carboxylic acid groups (broad SMARTS) is 1. The Hall–Kier alpha value is -3.59. The fourth-order valence-corrected chi connectivity index (χ4v) is 3.55. The second-order valence-electron chi connectivity index (χ2n) is 6.20. The molecule has 0 atom stereocenters. The predicted octanol–water partition coefficient (Wildman–Crippen LogP) is 3.74. The number of carboxylic acids is 1. The Morgan fingerprint density at radius 3 is 2.23 bits per heavy atom. The fourth-order valence-electron chi connectivity index (χ4n) is 2.58. The summed E-state index contributed by atoms with van der Waals surface area (Å²) < 4.78 is 16.5. The third kappa shape index (κ3) is 5.06. The van der Waals surface area contributed by atoms with Crippen molar-refractivity contribution in [3.8, 4) is 27.8 Å². The van der Waals surface area contributed by atoms with Gasteiger partial charge in [-0.2, -0.15) is 0 Å². The topological polar surface area (TPSA) is 107 Å². The number of ether oxygens (including phenoxy) is 3. The number of thiazole rings is 1. The molecule has 0 unspecified atom stereocenters. The fraction of sp³-hybridized carbons (Fsp3) is 0.190. The lowest BCUT2D eigenvalue weighted by molar-refractivity contribution is -0.147. The SMILES string of the molecule is COc1cc(OC)cc(-c2nc(C)c(COc3ccc(NC(=O)C(=O)O)cc3)s2)c1. The largest absolute Gasteiger partial charge is 0.497 e. The van der Waals surface area contributed by atoms with Crippen LogP contribution in [-0.4, -0.2) is 36.2 Å². The van der Waals surface area contributed by atoms with Gasteiger partial charge in [-0.1, -0.05) is 0 Å². The molecule has 0 aliphatic heterocycles. The third-order valence-electron chi connectivity index (χ3n) is 4.17. The number of methoxy groups -OCH3 is 2. The number of nitrogens with one attached hydrogen (secondary N) is 1. The summed E-state index contributed by atoms with van der Waals surface area (Å²) in [7, 11) is 3.20. The van der Waals surface area contributed by atoms with Crippen molar-refractivity contribution < 1.29 is 28.9 Å². The van der Waals surface area contributed by atoms with E-state index in [1.807, 2.05) is 19.1 Å². The molecule has 0 spiro atoms. The molecule has 3 rings (SSSR count). The van der Waals surface area contributed by atoms with Crippen molar-refractivity contribution >= 4 is 28.9 Å². The standard InChI is InChI=1S/C21H20N2O6S/c1-12-18(11-29-15-6-4-14(5-7-15)23-19(24)21(25)26)30-20(22-12)13-8-16(27-2)10-17(9-13)28-3/h4-10H,11H2,1-3H3,(H,23,24)(H,25,26). The highest BCUT2D eigenvalue weighted by molar-refractivity contribution is 7.15. The van der Waals surface area contributed by atoms with E-state index in [1.54, 1.807) is 44.6 Å². The van der Waals surface area contributed by atoms with Gasteiger partial charge in [0.25, 0.3) is 0 Å². The molecule has 1 aromatic heterocycles. The molecule has 156 valence electrons. The average Bonchev–Trinajstić information content (AvgIpc) is 3.13. The number of anilines is 1. The summed E-state index contributed by atoms with van der Waals surface area (Å²) in [5.74, 6) is -0.679. The molecule has 9 heteroatoms. The van der Waals surface area contributed by atoms with Gasteiger partial charge in [-0.05, 0) is 43.3 Å². The first-order valence-corrected chi connectivity index (χ1v) is 9.68. The van der Waals surface area contributed by atoms with Crippen LogP contribution >= 0.6 is 11.3 Å². The van der Waals surface area contributed by atoms with Gasteiger partial charge in [0, 0.05) is 17.3 Å². The van der Waals surface area contributed by atoms with Crippen LogP contribution in [0.2, 0.25) is 0 Å². The number of carbonyl (C=O) groups excluding carboxylic acids is 1. The number of rotatable bonds is 7. The van der Waals surface area contributed by atoms with E-state index in [2.05, 4.69) is 10.3 Å². The van der Waals surface area contributed by atoms with Crippen molar-refractivity contribution in [2.45, 2.75) is 13.5 Å². The van der Waals surface area contributed by atoms with Gasteiger partial charge in [-0.3, -0.25) is 4.79 Å². The summed E-state index contributed by atoms with van der Waals surface area (Å²) in [6.45, 7) is 2.24. The summed E-state index contributed by atoms with van der Waals surface area (Å²) in [6.07, 6.45) is 0. The van der Waals surface area contributed by atoms with E-state index in [0.29, 0.717) is 29.5 Å². The van der Waals surface area contributed by atoms with Crippen molar-refractivity contribution in [3.63, 3.8) is 0 Å². The van der Waals surface area contributed by atoms with Crippen LogP contribution in [0.5, 0.6) is 17.2 Å². The summed E-state index contributed by atoms with van der Waals surface area (Å²) in [4.78, 5) is 27.4. The number of aromatic nitrogens is 1. The van der Waals surface area contributed by atoms with Gasteiger partial charge in [-0.15, -0.1) is 11.3 Å². The lowest BCUT2D eigenvalue weighted by Gasteiger charge is -2.07. The van der Waals surface area contributed by atoms with Crippen LogP contribution in [0.15, 0.2) is 42.5 Å². The molecule has 0 aliphatic rings. The minimum absolute atomic E-state index is 0.325. The molecular formula is C21H20N2O6S. The van der Waals surface area contributed by atoms with Crippen molar-refractivity contribution in [2.75, 3.05) is 19.5 Å². The van der Waals surface area contributed by atoms with E-state index in [-0.39, 0.29) is 0 Å². The maximum absolute atomic E-state index is 11.2. The Bertz CT molecular complexity index is 1040. The Kier molecular flexibility index (Phi) is 6.53. The summed E-state index contributed by atoms with van der Waals surface area (Å²) in [5.41, 5.74) is 2.13. The van der Waals surface area contributed by atoms with E-state index < -0.39 is 11.9 Å². The molecule has 0 bridgehead atoms. The Morgan fingerprint density at radius 1 is 1.03 bits per heavy atom. The first kappa shape index (κ1) is 21.1. The van der Waals surface area contributed by atoms with Gasteiger partial charge in [-0.25, -0.2) is 9.78 Å². The predicted molar refractivity (Wildman–Crippen MR) is 112 cm³/mol. The number of hydrogen-bond acceptors (Lipinski definition) is 7. The van der Waals surface area contributed by atoms with Gasteiger partial charge in [0.05, 0.1) is 24.8 Å². The van der Waals surface area contributed by atoms with Crippen LogP contribution in [0.1, 0.15) is 10.6 Å². The number of carbonyl (C=O) groups is 2. The lowest BCUT2D eigenvalue weighted by atomic mass is 10.2. The van der Waals surface area contributed by atoms with Gasteiger partial charge in [0.1, 0.15) is 28.9 Å². The van der Waals surface area contributed by atoms with Crippen LogP contribution in [0, 0.1) is 6.92 Å². The van der Waals surface area contributed by atoms with Crippen molar-refractivity contribution in [1.29, 1.82) is 0 Å². The maximum atomic E-state index is 11.2. The number of aryl methyl sites for hydroxylation is 1. The van der Waals surface area contributed by atoms with E-state index in [1.165, 1.54) is 11.3 Å². The third-order valence-corrected chi connectivity index (χ3v) is 5.35. The quantitative estimate of drug-likeness (QED) is 0.552. The van der Waals surface area contributed by atoms with E-state index >= 15 is 0 Å². The molecule has 0 fully saturated rings. The molecule has 2 N–H and O–H groups in total. The number of hydrogen-bond donors (Lipinski definition) is 2. The molecule has 3 aromatic rings. The molecule has 0 aliphatic carbocycles. The Morgan fingerprint density at radius 2 is 1.67 bits per heavy atom. The first-order chi connectivity index (χ1) is 14.4. The Balaban J connectivity index is 1.70. The minimum atomic E-state index is -1.54. The number of nitrogens with zero attached hydrogens (tertiary/aromatic N) is 1. The van der Waals surface area contributed by atoms with Crippen molar-refractivity contribution in [3.05, 3.63) is 53.0 Å². The second kappa shape index (κ2) is 9.27. The van der Waals surface area contributed by atoms with Crippen LogP contribution < -0.4 is 19.5 Å². The number of benzene rings is 2. The van der Waals surface area contributed by atoms with Gasteiger partial charge in [0.15, 0.2) is 0 Å². The van der Waals surface area contributed by atoms with E-state index in [9.17, 15) is 9.59 Å². The molecule has 30 heavy (non-hydrogen) atoms. The van der Waals surface area contributed by atoms with Crippen molar-refractivity contribution in [1.82, 2.24) is 4.98 Å². The summed E-state index contributed by atoms with van der Waals surface area (Å²) in [6, 6.07) is 12.1. The molecule has 0 saturated heterocycles. The van der Waals surface area contributed by atoms with E-state index in [4.69, 9.17) is 19.3 Å². The monoisotopic (exact) mass is 428 g/mol. The zero-order valence-corrected chi connectivity index (χ0v) is 17.4. The lowest BCUT2D eigenvalue weighted by Crippen LogP contribution is -2.21. The molecule has 1 amide bonds. The molecule has 0 radical (unpaired) electrons. The first-order valence-electron chi connectivity index (χ1n) is 8.86. The summed E-state index contributed by atoms with van der Waals surface area (Å²) >= 11 is 1.52. The molecule has 8 nitrogen and oxygen atoms in total. The highest BCUT2D eigenvalue weighted by atomic mass is 32.1. The smallest absolute Gasteiger partial charge is 0.394 e.